The first-order chi connectivity index (χ1) is 27.6. The van der Waals surface area contributed by atoms with Crippen molar-refractivity contribution in [2.24, 2.45) is 0 Å². The summed E-state index contributed by atoms with van der Waals surface area (Å²) in [6, 6.07) is 19.6. The molecule has 0 spiro atoms. The van der Waals surface area contributed by atoms with Crippen molar-refractivity contribution in [3.8, 4) is 0 Å². The number of carbonyl (C=O) groups excluding carboxylic acids is 5. The van der Waals surface area contributed by atoms with Gasteiger partial charge in [0.05, 0.1) is 37.6 Å². The molecule has 5 aromatic rings. The molecule has 3 aromatic heterocycles. The predicted octanol–water partition coefficient (Wildman–Crippen LogP) is 3.75. The number of nitrogens with one attached hydrogen (secondary N) is 3. The first kappa shape index (κ1) is 36.1. The molecule has 0 radical (unpaired) electrons. The monoisotopic (exact) mass is 769 g/mol. The zero-order chi connectivity index (χ0) is 39.4. The van der Waals surface area contributed by atoms with Crippen molar-refractivity contribution in [3.63, 3.8) is 0 Å². The van der Waals surface area contributed by atoms with E-state index in [4.69, 9.17) is 0 Å². The number of nitrogens with zero attached hydrogens (tertiary/aromatic N) is 8. The molecular formula is C41H43N11O5. The summed E-state index contributed by atoms with van der Waals surface area (Å²) >= 11 is 0. The average Bonchev–Trinajstić information content (AvgIpc) is 3.92. The summed E-state index contributed by atoms with van der Waals surface area (Å²) < 4.78 is 3.68. The maximum absolute atomic E-state index is 13.2. The standard InChI is InChI=1S/C41H43N11O5/c1-25-19-42-39(55)35-18-28-6-10-34(45-37(28)52(25)35)38(54)44-30-20-43-49(24-30)22-26-3-7-32(8-4-26)48-14-11-31(12-15-48)47(2)21-27-5-9-33-29(17-27)23-51(40(33)56)50-16-13-36(53)46-41(50)57/h3-10,17-18,20,24-25,31H,11-16,19,21-23H2,1-2H3,(H,42,55)(H,44,54)(H,46,53,57)/t25-/m1/s1. The number of hydrogen-bond donors (Lipinski definition) is 3. The minimum Gasteiger partial charge on any atom is -0.371 e. The van der Waals surface area contributed by atoms with Crippen molar-refractivity contribution >= 4 is 52.1 Å². The Kier molecular flexibility index (Phi) is 9.19. The molecule has 1 atom stereocenters. The molecule has 4 aliphatic rings. The second-order valence-corrected chi connectivity index (χ2v) is 15.3. The Morgan fingerprint density at radius 2 is 1.74 bits per heavy atom. The molecule has 9 rings (SSSR count). The number of rotatable bonds is 9. The third-order valence-electron chi connectivity index (χ3n) is 11.5. The third-order valence-corrected chi connectivity index (χ3v) is 11.5. The number of imide groups is 1. The van der Waals surface area contributed by atoms with Crippen LogP contribution in [0.25, 0.3) is 11.0 Å². The van der Waals surface area contributed by atoms with E-state index in [1.165, 1.54) is 15.7 Å². The average molecular weight is 770 g/mol. The first-order valence-corrected chi connectivity index (χ1v) is 19.3. The van der Waals surface area contributed by atoms with Gasteiger partial charge in [-0.05, 0) is 79.9 Å². The number of hydrazine groups is 1. The van der Waals surface area contributed by atoms with Crippen molar-refractivity contribution in [2.45, 2.75) is 57.9 Å². The number of anilines is 2. The number of aromatic nitrogens is 4. The Bertz CT molecular complexity index is 2430. The lowest BCUT2D eigenvalue weighted by molar-refractivity contribution is -0.123. The number of carbonyl (C=O) groups is 5. The van der Waals surface area contributed by atoms with Crippen molar-refractivity contribution in [2.75, 3.05) is 43.4 Å². The van der Waals surface area contributed by atoms with Crippen molar-refractivity contribution < 1.29 is 24.0 Å². The molecule has 2 fully saturated rings. The van der Waals surface area contributed by atoms with E-state index in [1.54, 1.807) is 29.2 Å². The van der Waals surface area contributed by atoms with Gasteiger partial charge in [0.25, 0.3) is 17.7 Å². The summed E-state index contributed by atoms with van der Waals surface area (Å²) in [6.45, 7) is 6.19. The fourth-order valence-corrected chi connectivity index (χ4v) is 8.39. The van der Waals surface area contributed by atoms with Crippen LogP contribution in [0, 0.1) is 0 Å². The lowest BCUT2D eigenvalue weighted by Gasteiger charge is -2.38. The van der Waals surface area contributed by atoms with Gasteiger partial charge in [-0.25, -0.2) is 19.8 Å². The van der Waals surface area contributed by atoms with Crippen LogP contribution in [0.2, 0.25) is 0 Å². The molecular weight excluding hydrogens is 727 g/mol. The van der Waals surface area contributed by atoms with Crippen LogP contribution in [0.3, 0.4) is 0 Å². The molecule has 2 saturated heterocycles. The highest BCUT2D eigenvalue weighted by Crippen LogP contribution is 2.29. The van der Waals surface area contributed by atoms with Gasteiger partial charge in [0, 0.05) is 61.5 Å². The van der Waals surface area contributed by atoms with Crippen LogP contribution in [0.5, 0.6) is 0 Å². The summed E-state index contributed by atoms with van der Waals surface area (Å²) in [5, 5.41) is 16.1. The van der Waals surface area contributed by atoms with Crippen LogP contribution in [-0.2, 0) is 24.4 Å². The maximum atomic E-state index is 13.2. The number of benzene rings is 2. The minimum absolute atomic E-state index is 0.0289. The van der Waals surface area contributed by atoms with E-state index >= 15 is 0 Å². The Balaban J connectivity index is 0.758. The summed E-state index contributed by atoms with van der Waals surface area (Å²) in [7, 11) is 2.15. The molecule has 7 heterocycles. The van der Waals surface area contributed by atoms with Gasteiger partial charge < -0.3 is 20.1 Å². The van der Waals surface area contributed by atoms with Crippen LogP contribution in [0.4, 0.5) is 16.2 Å². The van der Waals surface area contributed by atoms with Crippen LogP contribution in [0.15, 0.2) is 73.1 Å². The van der Waals surface area contributed by atoms with Gasteiger partial charge in [0.1, 0.15) is 17.0 Å². The fourth-order valence-electron chi connectivity index (χ4n) is 8.39. The van der Waals surface area contributed by atoms with Crippen molar-refractivity contribution in [3.05, 3.63) is 107 Å². The van der Waals surface area contributed by atoms with Gasteiger partial charge in [0.2, 0.25) is 5.91 Å². The Morgan fingerprint density at radius 3 is 2.53 bits per heavy atom. The van der Waals surface area contributed by atoms with Gasteiger partial charge in [0.15, 0.2) is 0 Å². The zero-order valence-electron chi connectivity index (χ0n) is 31.8. The predicted molar refractivity (Wildman–Crippen MR) is 210 cm³/mol. The second-order valence-electron chi connectivity index (χ2n) is 15.3. The molecule has 3 N–H and O–H groups in total. The lowest BCUT2D eigenvalue weighted by Crippen LogP contribution is -2.56. The number of amides is 6. The van der Waals surface area contributed by atoms with E-state index in [-0.39, 0.29) is 48.3 Å². The van der Waals surface area contributed by atoms with Crippen LogP contribution in [-0.4, -0.2) is 103 Å². The van der Waals surface area contributed by atoms with E-state index in [0.29, 0.717) is 48.3 Å². The van der Waals surface area contributed by atoms with E-state index < -0.39 is 6.03 Å². The zero-order valence-corrected chi connectivity index (χ0v) is 31.8. The quantitative estimate of drug-likeness (QED) is 0.202. The molecule has 0 aliphatic carbocycles. The van der Waals surface area contributed by atoms with Gasteiger partial charge in [-0.3, -0.25) is 34.1 Å². The molecule has 2 aromatic carbocycles. The molecule has 0 bridgehead atoms. The summed E-state index contributed by atoms with van der Waals surface area (Å²) in [6.07, 6.45) is 5.63. The second kappa shape index (κ2) is 14.5. The van der Waals surface area contributed by atoms with Crippen molar-refractivity contribution in [1.29, 1.82) is 0 Å². The molecule has 0 saturated carbocycles. The summed E-state index contributed by atoms with van der Waals surface area (Å²) in [4.78, 5) is 72.0. The molecule has 16 heteroatoms. The third kappa shape index (κ3) is 6.96. The largest absolute Gasteiger partial charge is 0.371 e. The van der Waals surface area contributed by atoms with Gasteiger partial charge in [-0.1, -0.05) is 24.3 Å². The number of urea groups is 1. The van der Waals surface area contributed by atoms with Gasteiger partial charge >= 0.3 is 6.03 Å². The highest BCUT2D eigenvalue weighted by Gasteiger charge is 2.37. The van der Waals surface area contributed by atoms with Gasteiger partial charge in [-0.15, -0.1) is 0 Å². The van der Waals surface area contributed by atoms with E-state index in [0.717, 1.165) is 54.6 Å². The highest BCUT2D eigenvalue weighted by molar-refractivity contribution is 6.05. The molecule has 292 valence electrons. The van der Waals surface area contributed by atoms with E-state index in [2.05, 4.69) is 73.2 Å². The fraction of sp³-hybridized carbons (Fsp3) is 0.341. The minimum atomic E-state index is -0.559. The smallest absolute Gasteiger partial charge is 0.342 e. The summed E-state index contributed by atoms with van der Waals surface area (Å²) in [5.74, 6) is -1.04. The molecule has 0 unspecified atom stereocenters. The van der Waals surface area contributed by atoms with Crippen LogP contribution >= 0.6 is 0 Å². The highest BCUT2D eigenvalue weighted by atomic mass is 16.2. The van der Waals surface area contributed by atoms with E-state index in [1.807, 2.05) is 29.7 Å². The Hall–Kier alpha value is -6.55. The lowest BCUT2D eigenvalue weighted by atomic mass is 10.0. The molecule has 6 amide bonds. The number of hydrogen-bond acceptors (Lipinski definition) is 9. The molecule has 4 aliphatic heterocycles. The van der Waals surface area contributed by atoms with Crippen molar-refractivity contribution in [1.82, 2.24) is 44.9 Å². The Morgan fingerprint density at radius 1 is 0.947 bits per heavy atom. The number of piperidine rings is 1. The van der Waals surface area contributed by atoms with Crippen LogP contribution < -0.4 is 20.9 Å². The summed E-state index contributed by atoms with van der Waals surface area (Å²) in [5.41, 5.74) is 6.86. The topological polar surface area (TPSA) is 170 Å². The maximum Gasteiger partial charge on any atom is 0.342 e. The SMILES string of the molecule is C[C@@H]1CNC(=O)c2cc3ccc(C(=O)Nc4cnn(Cc5ccc(N6CCC(N(C)Cc7ccc8c(c7)CN(N7CCC(=O)NC7=O)C8=O)CC6)cc5)c4)nc3n21. The molecule has 57 heavy (non-hydrogen) atoms. The van der Waals surface area contributed by atoms with Gasteiger partial charge in [-0.2, -0.15) is 5.10 Å². The first-order valence-electron chi connectivity index (χ1n) is 19.3. The number of pyridine rings is 1. The number of fused-ring (bicyclic) bond motifs is 4. The van der Waals surface area contributed by atoms with E-state index in [9.17, 15) is 24.0 Å². The Labute approximate surface area is 328 Å². The normalized spacial score (nSPS) is 18.6. The molecule has 16 nitrogen and oxygen atoms in total. The van der Waals surface area contributed by atoms with Crippen LogP contribution in [0.1, 0.15) is 80.3 Å².